The van der Waals surface area contributed by atoms with Crippen LogP contribution in [0.3, 0.4) is 0 Å². The SMILES string of the molecule is CCCCCCN(C(=O)CNC(=O)OC(C)(C)C)C(C(=O)NC(C)(C)C)c1cccc(O)c1. The largest absolute Gasteiger partial charge is 0.508 e. The molecule has 0 saturated carbocycles. The average molecular weight is 464 g/mol. The van der Waals surface area contributed by atoms with Gasteiger partial charge in [0.2, 0.25) is 11.8 Å². The lowest BCUT2D eigenvalue weighted by molar-refractivity contribution is -0.141. The smallest absolute Gasteiger partial charge is 0.408 e. The van der Waals surface area contributed by atoms with E-state index in [1.54, 1.807) is 32.9 Å². The minimum Gasteiger partial charge on any atom is -0.508 e. The number of rotatable bonds is 10. The van der Waals surface area contributed by atoms with Crippen molar-refractivity contribution in [3.05, 3.63) is 29.8 Å². The van der Waals surface area contributed by atoms with Crippen LogP contribution in [0.5, 0.6) is 5.75 Å². The van der Waals surface area contributed by atoms with Crippen LogP contribution in [0, 0.1) is 0 Å². The Balaban J connectivity index is 3.21. The predicted molar refractivity (Wildman–Crippen MR) is 129 cm³/mol. The van der Waals surface area contributed by atoms with E-state index in [0.29, 0.717) is 18.5 Å². The number of amides is 3. The topological polar surface area (TPSA) is 108 Å². The van der Waals surface area contributed by atoms with Crippen molar-refractivity contribution in [1.82, 2.24) is 15.5 Å². The molecule has 1 unspecified atom stereocenters. The number of hydrogen-bond acceptors (Lipinski definition) is 5. The van der Waals surface area contributed by atoms with Crippen molar-refractivity contribution in [3.8, 4) is 5.75 Å². The number of unbranched alkanes of at least 4 members (excludes halogenated alkanes) is 3. The van der Waals surface area contributed by atoms with E-state index < -0.39 is 29.2 Å². The molecule has 0 aromatic heterocycles. The second-order valence-electron chi connectivity index (χ2n) is 10.2. The summed E-state index contributed by atoms with van der Waals surface area (Å²) in [5.41, 5.74) is -0.709. The monoisotopic (exact) mass is 463 g/mol. The standard InChI is InChI=1S/C25H41N3O5/c1-8-9-10-11-15-28(20(30)17-26-23(32)33-25(5,6)7)21(22(31)27-24(2,3)4)18-13-12-14-19(29)16-18/h12-14,16,21,29H,8-11,15,17H2,1-7H3,(H,26,32)(H,27,31). The van der Waals surface area contributed by atoms with Crippen molar-refractivity contribution < 1.29 is 24.2 Å². The van der Waals surface area contributed by atoms with E-state index in [1.807, 2.05) is 20.8 Å². The van der Waals surface area contributed by atoms with Crippen molar-refractivity contribution >= 4 is 17.9 Å². The number of hydrogen-bond donors (Lipinski definition) is 3. The molecular formula is C25H41N3O5. The molecule has 1 rings (SSSR count). The molecule has 3 N–H and O–H groups in total. The fraction of sp³-hybridized carbons (Fsp3) is 0.640. The molecule has 0 aliphatic heterocycles. The third-order valence-electron chi connectivity index (χ3n) is 4.60. The molecular weight excluding hydrogens is 422 g/mol. The number of benzene rings is 1. The van der Waals surface area contributed by atoms with Gasteiger partial charge in [0.05, 0.1) is 0 Å². The van der Waals surface area contributed by atoms with Gasteiger partial charge in [0, 0.05) is 12.1 Å². The molecule has 0 aliphatic rings. The molecule has 0 heterocycles. The summed E-state index contributed by atoms with van der Waals surface area (Å²) in [4.78, 5) is 40.1. The number of nitrogens with one attached hydrogen (secondary N) is 2. The Morgan fingerprint density at radius 2 is 1.73 bits per heavy atom. The fourth-order valence-corrected chi connectivity index (χ4v) is 3.28. The van der Waals surface area contributed by atoms with Crippen LogP contribution in [0.2, 0.25) is 0 Å². The fourth-order valence-electron chi connectivity index (χ4n) is 3.28. The summed E-state index contributed by atoms with van der Waals surface area (Å²) in [5, 5.41) is 15.5. The molecule has 8 heteroatoms. The van der Waals surface area contributed by atoms with Crippen molar-refractivity contribution in [2.24, 2.45) is 0 Å². The lowest BCUT2D eigenvalue weighted by atomic mass is 10.0. The molecule has 0 bridgehead atoms. The Morgan fingerprint density at radius 1 is 1.06 bits per heavy atom. The van der Waals surface area contributed by atoms with Crippen molar-refractivity contribution in [3.63, 3.8) is 0 Å². The third kappa shape index (κ3) is 11.1. The second-order valence-corrected chi connectivity index (χ2v) is 10.2. The first-order valence-electron chi connectivity index (χ1n) is 11.6. The highest BCUT2D eigenvalue weighted by molar-refractivity contribution is 5.90. The van der Waals surface area contributed by atoms with Gasteiger partial charge in [0.25, 0.3) is 0 Å². The predicted octanol–water partition coefficient (Wildman–Crippen LogP) is 4.28. The summed E-state index contributed by atoms with van der Waals surface area (Å²) in [5.74, 6) is -0.754. The van der Waals surface area contributed by atoms with Crippen LogP contribution < -0.4 is 10.6 Å². The Morgan fingerprint density at radius 3 is 2.27 bits per heavy atom. The Labute approximate surface area is 198 Å². The van der Waals surface area contributed by atoms with Gasteiger partial charge in [-0.25, -0.2) is 4.79 Å². The van der Waals surface area contributed by atoms with Gasteiger partial charge >= 0.3 is 6.09 Å². The lowest BCUT2D eigenvalue weighted by Crippen LogP contribution is -2.51. The van der Waals surface area contributed by atoms with Crippen LogP contribution >= 0.6 is 0 Å². The van der Waals surface area contributed by atoms with E-state index in [1.165, 1.54) is 17.0 Å². The molecule has 0 spiro atoms. The number of ether oxygens (including phenoxy) is 1. The van der Waals surface area contributed by atoms with E-state index in [0.717, 1.165) is 19.3 Å². The van der Waals surface area contributed by atoms with Gasteiger partial charge in [-0.3, -0.25) is 9.59 Å². The molecule has 33 heavy (non-hydrogen) atoms. The first-order chi connectivity index (χ1) is 15.2. The maximum absolute atomic E-state index is 13.3. The van der Waals surface area contributed by atoms with E-state index >= 15 is 0 Å². The molecule has 0 aliphatic carbocycles. The molecule has 1 aromatic carbocycles. The van der Waals surface area contributed by atoms with Gasteiger partial charge in [-0.15, -0.1) is 0 Å². The molecule has 8 nitrogen and oxygen atoms in total. The molecule has 3 amide bonds. The van der Waals surface area contributed by atoms with Gasteiger partial charge < -0.3 is 25.4 Å². The highest BCUT2D eigenvalue weighted by atomic mass is 16.6. The summed E-state index contributed by atoms with van der Waals surface area (Å²) in [6, 6.07) is 5.40. The van der Waals surface area contributed by atoms with Crippen LogP contribution in [0.15, 0.2) is 24.3 Å². The van der Waals surface area contributed by atoms with Crippen molar-refractivity contribution in [2.75, 3.05) is 13.1 Å². The maximum atomic E-state index is 13.3. The van der Waals surface area contributed by atoms with Crippen molar-refractivity contribution in [1.29, 1.82) is 0 Å². The van der Waals surface area contributed by atoms with Gasteiger partial charge in [-0.05, 0) is 65.7 Å². The molecule has 0 fully saturated rings. The number of phenolic OH excluding ortho intramolecular Hbond substituents is 1. The maximum Gasteiger partial charge on any atom is 0.408 e. The molecule has 1 atom stereocenters. The van der Waals surface area contributed by atoms with Crippen LogP contribution in [0.1, 0.15) is 85.8 Å². The van der Waals surface area contributed by atoms with Gasteiger partial charge in [-0.1, -0.05) is 38.3 Å². The normalized spacial score (nSPS) is 12.6. The quantitative estimate of drug-likeness (QED) is 0.449. The van der Waals surface area contributed by atoms with Gasteiger partial charge in [0.1, 0.15) is 23.9 Å². The number of nitrogens with zero attached hydrogens (tertiary/aromatic N) is 1. The number of alkyl carbamates (subject to hydrolysis) is 1. The van der Waals surface area contributed by atoms with Gasteiger partial charge in [0.15, 0.2) is 0 Å². The zero-order valence-electron chi connectivity index (χ0n) is 21.2. The first kappa shape index (κ1) is 28.3. The van der Waals surface area contributed by atoms with E-state index in [9.17, 15) is 19.5 Å². The highest BCUT2D eigenvalue weighted by Gasteiger charge is 2.33. The summed E-state index contributed by atoms with van der Waals surface area (Å²) >= 11 is 0. The number of carbonyl (C=O) groups is 3. The lowest BCUT2D eigenvalue weighted by Gasteiger charge is -2.34. The zero-order chi connectivity index (χ0) is 25.2. The summed E-state index contributed by atoms with van der Waals surface area (Å²) in [6.07, 6.45) is 2.98. The summed E-state index contributed by atoms with van der Waals surface area (Å²) in [6.45, 7) is 12.9. The Bertz CT molecular complexity index is 796. The first-order valence-corrected chi connectivity index (χ1v) is 11.6. The van der Waals surface area contributed by atoms with Gasteiger partial charge in [-0.2, -0.15) is 0 Å². The van der Waals surface area contributed by atoms with Crippen LogP contribution in [0.25, 0.3) is 0 Å². The Kier molecular flexibility index (Phi) is 10.7. The molecule has 186 valence electrons. The molecule has 0 saturated heterocycles. The van der Waals surface area contributed by atoms with E-state index in [-0.39, 0.29) is 18.2 Å². The number of aromatic hydroxyl groups is 1. The van der Waals surface area contributed by atoms with Crippen LogP contribution in [-0.2, 0) is 14.3 Å². The molecule has 0 radical (unpaired) electrons. The van der Waals surface area contributed by atoms with E-state index in [2.05, 4.69) is 17.6 Å². The second kappa shape index (κ2) is 12.5. The van der Waals surface area contributed by atoms with Crippen LogP contribution in [-0.4, -0.2) is 52.1 Å². The van der Waals surface area contributed by atoms with Crippen molar-refractivity contribution in [2.45, 2.75) is 91.3 Å². The average Bonchev–Trinajstić information content (AvgIpc) is 2.65. The number of carbonyl (C=O) groups excluding carboxylic acids is 3. The molecule has 1 aromatic rings. The van der Waals surface area contributed by atoms with Crippen LogP contribution in [0.4, 0.5) is 4.79 Å². The zero-order valence-corrected chi connectivity index (χ0v) is 21.2. The van der Waals surface area contributed by atoms with E-state index in [4.69, 9.17) is 4.74 Å². The number of phenols is 1. The Hall–Kier alpha value is -2.77. The minimum atomic E-state index is -0.953. The highest BCUT2D eigenvalue weighted by Crippen LogP contribution is 2.26. The summed E-state index contributed by atoms with van der Waals surface area (Å²) in [7, 11) is 0. The summed E-state index contributed by atoms with van der Waals surface area (Å²) < 4.78 is 5.22. The minimum absolute atomic E-state index is 0.00585. The third-order valence-corrected chi connectivity index (χ3v) is 4.60.